The maximum Gasteiger partial charge on any atom is 0.0512 e. The second kappa shape index (κ2) is 9.31. The second-order valence-electron chi connectivity index (χ2n) is 7.89. The fourth-order valence-electron chi connectivity index (χ4n) is 4.19. The van der Waals surface area contributed by atoms with Crippen LogP contribution in [-0.4, -0.2) is 41.4 Å². The Morgan fingerprint density at radius 1 is 0.808 bits per heavy atom. The maximum atomic E-state index is 10.0. The van der Waals surface area contributed by atoms with Crippen molar-refractivity contribution in [3.8, 4) is 0 Å². The molecule has 1 aliphatic rings. The molecule has 3 heteroatoms. The molecule has 1 fully saturated rings. The van der Waals surface area contributed by atoms with E-state index in [1.54, 1.807) is 0 Å². The smallest absolute Gasteiger partial charge is 0.0512 e. The van der Waals surface area contributed by atoms with Crippen molar-refractivity contribution in [1.29, 1.82) is 0 Å². The van der Waals surface area contributed by atoms with Crippen molar-refractivity contribution in [2.45, 2.75) is 32.2 Å². The highest BCUT2D eigenvalue weighted by Crippen LogP contribution is 2.35. The predicted molar refractivity (Wildman–Crippen MR) is 106 cm³/mol. The van der Waals surface area contributed by atoms with Crippen LogP contribution in [0, 0.1) is 11.3 Å². The van der Waals surface area contributed by atoms with Gasteiger partial charge in [0.25, 0.3) is 0 Å². The molecule has 1 heterocycles. The summed E-state index contributed by atoms with van der Waals surface area (Å²) in [6, 6.07) is 20.9. The molecule has 2 aromatic rings. The third kappa shape index (κ3) is 5.16. The van der Waals surface area contributed by atoms with Crippen molar-refractivity contribution in [3.63, 3.8) is 0 Å². The molecule has 0 saturated carbocycles. The lowest BCUT2D eigenvalue weighted by atomic mass is 9.73. The van der Waals surface area contributed by atoms with Gasteiger partial charge in [-0.15, -0.1) is 0 Å². The molecule has 0 aromatic heterocycles. The van der Waals surface area contributed by atoms with Crippen LogP contribution < -0.4 is 0 Å². The summed E-state index contributed by atoms with van der Waals surface area (Å²) in [4.78, 5) is 2.52. The summed E-state index contributed by atoms with van der Waals surface area (Å²) >= 11 is 0. The Bertz CT molecular complexity index is 632. The zero-order chi connectivity index (χ0) is 18.2. The van der Waals surface area contributed by atoms with E-state index < -0.39 is 5.41 Å². The van der Waals surface area contributed by atoms with Gasteiger partial charge in [0.05, 0.1) is 13.2 Å². The molecular weight excluding hydrogens is 322 g/mol. The number of piperidine rings is 1. The van der Waals surface area contributed by atoms with Crippen LogP contribution in [0.3, 0.4) is 0 Å². The number of hydrogen-bond acceptors (Lipinski definition) is 3. The highest BCUT2D eigenvalue weighted by Gasteiger charge is 2.33. The van der Waals surface area contributed by atoms with Gasteiger partial charge in [0.1, 0.15) is 0 Å². The molecule has 0 amide bonds. The van der Waals surface area contributed by atoms with Crippen LogP contribution in [0.4, 0.5) is 0 Å². The highest BCUT2D eigenvalue weighted by atomic mass is 16.3. The highest BCUT2D eigenvalue weighted by molar-refractivity contribution is 5.17. The summed E-state index contributed by atoms with van der Waals surface area (Å²) in [5.41, 5.74) is 2.15. The average molecular weight is 354 g/mol. The van der Waals surface area contributed by atoms with E-state index in [9.17, 15) is 10.2 Å². The molecule has 2 N–H and O–H groups in total. The molecule has 3 rings (SSSR count). The van der Waals surface area contributed by atoms with Crippen molar-refractivity contribution in [3.05, 3.63) is 71.8 Å². The number of benzene rings is 2. The molecule has 0 unspecified atom stereocenters. The predicted octanol–water partition coefficient (Wildman–Crippen LogP) is 3.50. The first-order valence-corrected chi connectivity index (χ1v) is 9.75. The maximum absolute atomic E-state index is 10.0. The molecule has 2 aromatic carbocycles. The van der Waals surface area contributed by atoms with E-state index in [1.807, 2.05) is 18.2 Å². The Morgan fingerprint density at radius 3 is 1.88 bits per heavy atom. The lowest BCUT2D eigenvalue weighted by Crippen LogP contribution is -2.39. The van der Waals surface area contributed by atoms with Crippen molar-refractivity contribution in [1.82, 2.24) is 4.90 Å². The van der Waals surface area contributed by atoms with Gasteiger partial charge in [-0.25, -0.2) is 0 Å². The van der Waals surface area contributed by atoms with Crippen LogP contribution in [0.15, 0.2) is 60.7 Å². The standard InChI is InChI=1S/C23H31NO2/c25-18-23(19-26,15-20-7-3-1-4-8-20)16-21-11-13-24(14-12-21)17-22-9-5-2-6-10-22/h1-10,21,25-26H,11-19H2. The molecule has 0 bridgehead atoms. The van der Waals surface area contributed by atoms with Crippen LogP contribution in [0.2, 0.25) is 0 Å². The summed E-state index contributed by atoms with van der Waals surface area (Å²) in [6.07, 6.45) is 3.92. The third-order valence-electron chi connectivity index (χ3n) is 5.77. The van der Waals surface area contributed by atoms with Crippen LogP contribution in [0.25, 0.3) is 0 Å². The normalized spacial score (nSPS) is 16.7. The van der Waals surface area contributed by atoms with E-state index in [-0.39, 0.29) is 13.2 Å². The largest absolute Gasteiger partial charge is 0.396 e. The van der Waals surface area contributed by atoms with Gasteiger partial charge >= 0.3 is 0 Å². The van der Waals surface area contributed by atoms with E-state index in [0.717, 1.165) is 45.3 Å². The van der Waals surface area contributed by atoms with E-state index in [2.05, 4.69) is 47.4 Å². The molecule has 0 radical (unpaired) electrons. The molecule has 140 valence electrons. The zero-order valence-electron chi connectivity index (χ0n) is 15.6. The Kier molecular flexibility index (Phi) is 6.84. The van der Waals surface area contributed by atoms with E-state index in [0.29, 0.717) is 5.92 Å². The SMILES string of the molecule is OCC(CO)(Cc1ccccc1)CC1CCN(Cc2ccccc2)CC1. The van der Waals surface area contributed by atoms with Gasteiger partial charge < -0.3 is 10.2 Å². The fraction of sp³-hybridized carbons (Fsp3) is 0.478. The van der Waals surface area contributed by atoms with E-state index in [4.69, 9.17) is 0 Å². The topological polar surface area (TPSA) is 43.7 Å². The first-order valence-electron chi connectivity index (χ1n) is 9.75. The fourth-order valence-corrected chi connectivity index (χ4v) is 4.19. The minimum absolute atomic E-state index is 0.0443. The van der Waals surface area contributed by atoms with Crippen molar-refractivity contribution < 1.29 is 10.2 Å². The van der Waals surface area contributed by atoms with Gasteiger partial charge in [0, 0.05) is 12.0 Å². The summed E-state index contributed by atoms with van der Waals surface area (Å²) in [6.45, 7) is 3.30. The molecule has 1 aliphatic heterocycles. The number of likely N-dealkylation sites (tertiary alicyclic amines) is 1. The quantitative estimate of drug-likeness (QED) is 0.763. The summed E-state index contributed by atoms with van der Waals surface area (Å²) in [5, 5.41) is 20.1. The van der Waals surface area contributed by atoms with Crippen LogP contribution in [0.1, 0.15) is 30.4 Å². The van der Waals surface area contributed by atoms with Crippen molar-refractivity contribution >= 4 is 0 Å². The molecule has 1 saturated heterocycles. The lowest BCUT2D eigenvalue weighted by molar-refractivity contribution is 0.0217. The summed E-state index contributed by atoms with van der Waals surface area (Å²) in [7, 11) is 0. The van der Waals surface area contributed by atoms with Crippen molar-refractivity contribution in [2.75, 3.05) is 26.3 Å². The first-order chi connectivity index (χ1) is 12.7. The lowest BCUT2D eigenvalue weighted by Gasteiger charge is -2.38. The van der Waals surface area contributed by atoms with Crippen LogP contribution >= 0.6 is 0 Å². The number of aliphatic hydroxyl groups excluding tert-OH is 2. The summed E-state index contributed by atoms with van der Waals surface area (Å²) < 4.78 is 0. The minimum Gasteiger partial charge on any atom is -0.396 e. The van der Waals surface area contributed by atoms with Gasteiger partial charge in [0.15, 0.2) is 0 Å². The Labute approximate surface area is 157 Å². The van der Waals surface area contributed by atoms with Gasteiger partial charge in [-0.3, -0.25) is 4.90 Å². The molecule has 0 aliphatic carbocycles. The molecule has 0 spiro atoms. The molecular formula is C23H31NO2. The van der Waals surface area contributed by atoms with Gasteiger partial charge in [-0.05, 0) is 55.8 Å². The Hall–Kier alpha value is -1.68. The number of hydrogen-bond donors (Lipinski definition) is 2. The third-order valence-corrected chi connectivity index (χ3v) is 5.77. The number of nitrogens with zero attached hydrogens (tertiary/aromatic N) is 1. The first kappa shape index (κ1) is 19.1. The summed E-state index contributed by atoms with van der Waals surface area (Å²) in [5.74, 6) is 0.574. The van der Waals surface area contributed by atoms with Crippen LogP contribution in [0.5, 0.6) is 0 Å². The number of aliphatic hydroxyl groups is 2. The molecule has 0 atom stereocenters. The van der Waals surface area contributed by atoms with Gasteiger partial charge in [-0.2, -0.15) is 0 Å². The Balaban J connectivity index is 1.54. The van der Waals surface area contributed by atoms with Crippen LogP contribution in [-0.2, 0) is 13.0 Å². The van der Waals surface area contributed by atoms with Crippen molar-refractivity contribution in [2.24, 2.45) is 11.3 Å². The monoisotopic (exact) mass is 353 g/mol. The number of rotatable bonds is 8. The zero-order valence-corrected chi connectivity index (χ0v) is 15.6. The minimum atomic E-state index is -0.409. The Morgan fingerprint density at radius 2 is 1.35 bits per heavy atom. The second-order valence-corrected chi connectivity index (χ2v) is 7.89. The average Bonchev–Trinajstić information content (AvgIpc) is 2.70. The van der Waals surface area contributed by atoms with Gasteiger partial charge in [0.2, 0.25) is 0 Å². The molecule has 3 nitrogen and oxygen atoms in total. The van der Waals surface area contributed by atoms with E-state index >= 15 is 0 Å². The van der Waals surface area contributed by atoms with E-state index in [1.165, 1.54) is 11.1 Å². The van der Waals surface area contributed by atoms with Gasteiger partial charge in [-0.1, -0.05) is 60.7 Å². The molecule has 26 heavy (non-hydrogen) atoms.